The highest BCUT2D eigenvalue weighted by atomic mass is 79.9. The van der Waals surface area contributed by atoms with Crippen LogP contribution in [0.4, 0.5) is 15.9 Å². The quantitative estimate of drug-likeness (QED) is 0.148. The van der Waals surface area contributed by atoms with Crippen LogP contribution in [0.5, 0.6) is 0 Å². The summed E-state index contributed by atoms with van der Waals surface area (Å²) in [6.07, 6.45) is 4.43. The maximum Gasteiger partial charge on any atom is 0.226 e. The number of nitrogens with zero attached hydrogens (tertiary/aromatic N) is 4. The second kappa shape index (κ2) is 11.5. The van der Waals surface area contributed by atoms with E-state index in [4.69, 9.17) is 10.4 Å². The van der Waals surface area contributed by atoms with Crippen molar-refractivity contribution in [3.63, 3.8) is 0 Å². The van der Waals surface area contributed by atoms with Crippen molar-refractivity contribution in [2.45, 2.75) is 32.1 Å². The molecule has 1 aromatic carbocycles. The Bertz CT molecular complexity index is 993. The average molecular weight is 511 g/mol. The molecule has 3 rings (SSSR count). The third-order valence-electron chi connectivity index (χ3n) is 4.84. The molecule has 6 N–H and O–H groups in total. The number of amides is 1. The summed E-state index contributed by atoms with van der Waals surface area (Å²) in [5.41, 5.74) is 8.19. The number of hydrogen-bond acceptors (Lipinski definition) is 8. The number of nitrogens with two attached hydrogens (primary N) is 1. The summed E-state index contributed by atoms with van der Waals surface area (Å²) in [5.74, 6) is 0.227. The number of hydroxylamine groups is 1. The van der Waals surface area contributed by atoms with Gasteiger partial charge in [-0.2, -0.15) is 0 Å². The van der Waals surface area contributed by atoms with Crippen LogP contribution in [0.1, 0.15) is 37.8 Å². The molecule has 13 heteroatoms. The summed E-state index contributed by atoms with van der Waals surface area (Å²) in [6.45, 7) is 0.820. The van der Waals surface area contributed by atoms with Crippen LogP contribution in [0.2, 0.25) is 0 Å². The van der Waals surface area contributed by atoms with Crippen molar-refractivity contribution in [2.75, 3.05) is 18.4 Å². The first kappa shape index (κ1) is 23.6. The van der Waals surface area contributed by atoms with Crippen molar-refractivity contribution < 1.29 is 19.0 Å². The Morgan fingerprint density at radius 3 is 2.88 bits per heavy atom. The van der Waals surface area contributed by atoms with E-state index in [1.807, 2.05) is 5.48 Å². The lowest BCUT2D eigenvalue weighted by molar-refractivity contribution is -0.121. The van der Waals surface area contributed by atoms with E-state index in [0.717, 1.165) is 12.8 Å². The first-order valence-electron chi connectivity index (χ1n) is 10.1. The number of benzene rings is 1. The van der Waals surface area contributed by atoms with Gasteiger partial charge in [0.1, 0.15) is 5.82 Å². The standard InChI is InChI=1S/C19H24BrFN8O3/c20-13-10-12(5-6-14(13)21)25-18(27-31)16-17(29-32-28-16)23-7-2-8-24-19(22)26-15(30)9-11-3-1-4-11/h5-6,10-11,31H,1-4,7-9H2,(H,23,29)(H,25,27)(H3,22,24,26,30). The molecule has 1 amide bonds. The van der Waals surface area contributed by atoms with Crippen molar-refractivity contribution >= 4 is 45.1 Å². The van der Waals surface area contributed by atoms with Gasteiger partial charge in [0.25, 0.3) is 0 Å². The fourth-order valence-electron chi connectivity index (χ4n) is 2.95. The number of aliphatic imine (C=N–C) groups is 2. The van der Waals surface area contributed by atoms with Crippen molar-refractivity contribution in [1.82, 2.24) is 21.1 Å². The summed E-state index contributed by atoms with van der Waals surface area (Å²) in [4.78, 5) is 20.1. The largest absolute Gasteiger partial charge is 0.370 e. The molecule has 0 aliphatic heterocycles. The minimum absolute atomic E-state index is 0.0382. The maximum absolute atomic E-state index is 13.4. The number of guanidine groups is 1. The van der Waals surface area contributed by atoms with E-state index in [1.54, 1.807) is 0 Å². The Kier molecular flexibility index (Phi) is 8.50. The smallest absolute Gasteiger partial charge is 0.226 e. The minimum Gasteiger partial charge on any atom is -0.370 e. The molecule has 0 unspecified atom stereocenters. The number of carbonyl (C=O) groups is 1. The second-order valence-corrected chi connectivity index (χ2v) is 8.08. The van der Waals surface area contributed by atoms with Crippen molar-refractivity contribution in [3.8, 4) is 0 Å². The third-order valence-corrected chi connectivity index (χ3v) is 5.45. The van der Waals surface area contributed by atoms with Crippen LogP contribution in [0.15, 0.2) is 37.3 Å². The molecule has 1 aromatic heterocycles. The van der Waals surface area contributed by atoms with E-state index in [2.05, 4.69) is 46.9 Å². The second-order valence-electron chi connectivity index (χ2n) is 7.23. The number of amidine groups is 1. The van der Waals surface area contributed by atoms with Crippen molar-refractivity contribution in [2.24, 2.45) is 21.6 Å². The van der Waals surface area contributed by atoms with Crippen molar-refractivity contribution in [3.05, 3.63) is 34.2 Å². The van der Waals surface area contributed by atoms with Gasteiger partial charge in [0.15, 0.2) is 17.5 Å². The fourth-order valence-corrected chi connectivity index (χ4v) is 3.32. The summed E-state index contributed by atoms with van der Waals surface area (Å²) in [5, 5.41) is 22.5. The molecule has 1 aliphatic rings. The number of hydrogen-bond donors (Lipinski definition) is 5. The topological polar surface area (TPSA) is 163 Å². The Morgan fingerprint density at radius 1 is 1.38 bits per heavy atom. The van der Waals surface area contributed by atoms with Gasteiger partial charge in [-0.1, -0.05) is 6.42 Å². The van der Waals surface area contributed by atoms with Gasteiger partial charge in [-0.05, 0) is 69.6 Å². The van der Waals surface area contributed by atoms with Gasteiger partial charge in [-0.25, -0.2) is 14.0 Å². The van der Waals surface area contributed by atoms with Crippen LogP contribution in [-0.2, 0) is 4.79 Å². The molecule has 0 bridgehead atoms. The summed E-state index contributed by atoms with van der Waals surface area (Å²) < 4.78 is 18.4. The molecule has 0 spiro atoms. The minimum atomic E-state index is -0.436. The fraction of sp³-hybridized carbons (Fsp3) is 0.421. The zero-order valence-corrected chi connectivity index (χ0v) is 18.7. The van der Waals surface area contributed by atoms with E-state index in [-0.39, 0.29) is 33.7 Å². The summed E-state index contributed by atoms with van der Waals surface area (Å²) in [7, 11) is 0. The average Bonchev–Trinajstić information content (AvgIpc) is 3.19. The SMILES string of the molecule is NC(=NCCCNc1nonc1C(=Nc1ccc(F)c(Br)c1)NO)NC(=O)CC1CCC1. The van der Waals surface area contributed by atoms with E-state index >= 15 is 0 Å². The molecule has 0 saturated heterocycles. The first-order valence-corrected chi connectivity index (χ1v) is 10.9. The highest BCUT2D eigenvalue weighted by Gasteiger charge is 2.20. The Morgan fingerprint density at radius 2 is 2.19 bits per heavy atom. The third kappa shape index (κ3) is 6.72. The highest BCUT2D eigenvalue weighted by molar-refractivity contribution is 9.10. The Hall–Kier alpha value is -3.06. The Labute approximate surface area is 191 Å². The van der Waals surface area contributed by atoms with Crippen molar-refractivity contribution in [1.29, 1.82) is 0 Å². The Balaban J connectivity index is 1.49. The van der Waals surface area contributed by atoms with Crippen LogP contribution in [0.25, 0.3) is 0 Å². The van der Waals surface area contributed by atoms with E-state index < -0.39 is 5.82 Å². The predicted molar refractivity (Wildman–Crippen MR) is 119 cm³/mol. The normalized spacial score (nSPS) is 14.7. The van der Waals surface area contributed by atoms with E-state index in [1.165, 1.54) is 24.6 Å². The van der Waals surface area contributed by atoms with Crippen LogP contribution >= 0.6 is 15.9 Å². The lowest BCUT2D eigenvalue weighted by Crippen LogP contribution is -2.38. The summed E-state index contributed by atoms with van der Waals surface area (Å²) in [6, 6.07) is 4.12. The van der Waals surface area contributed by atoms with Gasteiger partial charge >= 0.3 is 0 Å². The molecule has 11 nitrogen and oxygen atoms in total. The van der Waals surface area contributed by atoms with Crippen LogP contribution in [0, 0.1) is 11.7 Å². The molecule has 1 saturated carbocycles. The molecular weight excluding hydrogens is 487 g/mol. The summed E-state index contributed by atoms with van der Waals surface area (Å²) >= 11 is 3.08. The van der Waals surface area contributed by atoms with Gasteiger partial charge in [-0.3, -0.25) is 25.8 Å². The molecular formula is C19H24BrFN8O3. The molecule has 2 aromatic rings. The van der Waals surface area contributed by atoms with Gasteiger partial charge in [0.2, 0.25) is 11.7 Å². The predicted octanol–water partition coefficient (Wildman–Crippen LogP) is 2.45. The molecule has 0 radical (unpaired) electrons. The molecule has 1 fully saturated rings. The van der Waals surface area contributed by atoms with Crippen LogP contribution < -0.4 is 21.8 Å². The number of nitrogens with one attached hydrogen (secondary N) is 3. The monoisotopic (exact) mass is 510 g/mol. The van der Waals surface area contributed by atoms with Gasteiger partial charge in [0, 0.05) is 19.5 Å². The molecule has 172 valence electrons. The zero-order chi connectivity index (χ0) is 22.9. The highest BCUT2D eigenvalue weighted by Crippen LogP contribution is 2.29. The number of rotatable bonds is 9. The molecule has 0 atom stereocenters. The lowest BCUT2D eigenvalue weighted by Gasteiger charge is -2.24. The van der Waals surface area contributed by atoms with Gasteiger partial charge < -0.3 is 11.1 Å². The number of carbonyl (C=O) groups excluding carboxylic acids is 1. The number of aromatic nitrogens is 2. The van der Waals surface area contributed by atoms with E-state index in [0.29, 0.717) is 37.5 Å². The van der Waals surface area contributed by atoms with E-state index in [9.17, 15) is 14.4 Å². The first-order chi connectivity index (χ1) is 15.5. The van der Waals surface area contributed by atoms with Gasteiger partial charge in [0.05, 0.1) is 10.2 Å². The van der Waals surface area contributed by atoms with Crippen LogP contribution in [0.3, 0.4) is 0 Å². The van der Waals surface area contributed by atoms with Crippen LogP contribution in [-0.4, -0.2) is 46.3 Å². The maximum atomic E-state index is 13.4. The molecule has 32 heavy (non-hydrogen) atoms. The number of halogens is 2. The number of anilines is 1. The zero-order valence-electron chi connectivity index (χ0n) is 17.1. The molecule has 1 aliphatic carbocycles. The molecule has 1 heterocycles. The van der Waals surface area contributed by atoms with Gasteiger partial charge in [-0.15, -0.1) is 0 Å². The lowest BCUT2D eigenvalue weighted by atomic mass is 9.83.